The molecular weight excluding hydrogens is 122 g/mol. The molecule has 8 heavy (non-hydrogen) atoms. The lowest BCUT2D eigenvalue weighted by Gasteiger charge is -2.04. The first-order valence-electron chi connectivity index (χ1n) is 3.16. The molecule has 0 aliphatic carbocycles. The molecule has 0 saturated heterocycles. The predicted octanol–water partition coefficient (Wildman–Crippen LogP) is 1.61. The summed E-state index contributed by atoms with van der Waals surface area (Å²) in [7, 11) is 0. The molecule has 0 aliphatic rings. The highest BCUT2D eigenvalue weighted by Gasteiger charge is 1.96. The molecule has 0 spiro atoms. The normalized spacial score (nSPS) is 13.9. The number of hydrogen-bond donors (Lipinski definition) is 1. The topological polar surface area (TPSA) is 12.0 Å². The number of rotatable bonds is 4. The average molecular weight is 136 g/mol. The SMILES string of the molecule is CCNCC(Cl)CC. The molecule has 0 amide bonds. The Morgan fingerprint density at radius 2 is 2.12 bits per heavy atom. The molecule has 0 heterocycles. The van der Waals surface area contributed by atoms with Gasteiger partial charge in [-0.2, -0.15) is 0 Å². The quantitative estimate of drug-likeness (QED) is 0.578. The maximum Gasteiger partial charge on any atom is 0.0458 e. The highest BCUT2D eigenvalue weighted by molar-refractivity contribution is 6.20. The van der Waals surface area contributed by atoms with Crippen molar-refractivity contribution in [1.29, 1.82) is 0 Å². The molecule has 1 nitrogen and oxygen atoms in total. The Bertz CT molecular complexity index is 47.8. The van der Waals surface area contributed by atoms with E-state index in [1.807, 2.05) is 0 Å². The molecule has 0 aromatic heterocycles. The smallest absolute Gasteiger partial charge is 0.0458 e. The van der Waals surface area contributed by atoms with Gasteiger partial charge in [0, 0.05) is 11.9 Å². The summed E-state index contributed by atoms with van der Waals surface area (Å²) in [5.74, 6) is 0. The number of hydrogen-bond acceptors (Lipinski definition) is 1. The summed E-state index contributed by atoms with van der Waals surface area (Å²) in [6.45, 7) is 6.13. The molecule has 0 aromatic carbocycles. The monoisotopic (exact) mass is 135 g/mol. The summed E-state index contributed by atoms with van der Waals surface area (Å²) in [6, 6.07) is 0. The third-order valence-electron chi connectivity index (χ3n) is 1.06. The molecule has 0 aliphatic heterocycles. The van der Waals surface area contributed by atoms with Crippen LogP contribution in [-0.4, -0.2) is 18.5 Å². The van der Waals surface area contributed by atoms with Crippen molar-refractivity contribution < 1.29 is 0 Å². The summed E-state index contributed by atoms with van der Waals surface area (Å²) >= 11 is 5.78. The van der Waals surface area contributed by atoms with E-state index in [1.54, 1.807) is 0 Å². The molecular formula is C6H14ClN. The van der Waals surface area contributed by atoms with Crippen molar-refractivity contribution in [2.24, 2.45) is 0 Å². The first-order chi connectivity index (χ1) is 3.81. The van der Waals surface area contributed by atoms with Crippen LogP contribution in [0.2, 0.25) is 0 Å². The average Bonchev–Trinajstić information content (AvgIpc) is 1.83. The second-order valence-corrected chi connectivity index (χ2v) is 2.43. The molecule has 50 valence electrons. The van der Waals surface area contributed by atoms with Gasteiger partial charge < -0.3 is 5.32 Å². The summed E-state index contributed by atoms with van der Waals surface area (Å²) in [6.07, 6.45) is 1.05. The van der Waals surface area contributed by atoms with Crippen LogP contribution in [0.25, 0.3) is 0 Å². The lowest BCUT2D eigenvalue weighted by molar-refractivity contribution is 0.670. The van der Waals surface area contributed by atoms with Crippen LogP contribution in [-0.2, 0) is 0 Å². The van der Waals surface area contributed by atoms with E-state index in [0.29, 0.717) is 5.38 Å². The van der Waals surface area contributed by atoms with Crippen molar-refractivity contribution in [3.8, 4) is 0 Å². The van der Waals surface area contributed by atoms with Crippen molar-refractivity contribution in [1.82, 2.24) is 5.32 Å². The fourth-order valence-electron chi connectivity index (χ4n) is 0.445. The second kappa shape index (κ2) is 5.39. The molecule has 1 atom stereocenters. The van der Waals surface area contributed by atoms with Gasteiger partial charge in [0.1, 0.15) is 0 Å². The molecule has 0 bridgehead atoms. The first-order valence-corrected chi connectivity index (χ1v) is 3.59. The lowest BCUT2D eigenvalue weighted by Crippen LogP contribution is -2.21. The van der Waals surface area contributed by atoms with E-state index in [4.69, 9.17) is 11.6 Å². The largest absolute Gasteiger partial charge is 0.316 e. The van der Waals surface area contributed by atoms with Crippen molar-refractivity contribution >= 4 is 11.6 Å². The first kappa shape index (κ1) is 8.25. The van der Waals surface area contributed by atoms with Crippen molar-refractivity contribution in [3.05, 3.63) is 0 Å². The molecule has 1 unspecified atom stereocenters. The van der Waals surface area contributed by atoms with Gasteiger partial charge in [0.2, 0.25) is 0 Å². The van der Waals surface area contributed by atoms with Crippen LogP contribution in [0.3, 0.4) is 0 Å². The molecule has 0 radical (unpaired) electrons. The highest BCUT2D eigenvalue weighted by atomic mass is 35.5. The number of alkyl halides is 1. The van der Waals surface area contributed by atoms with Crippen LogP contribution in [0.1, 0.15) is 20.3 Å². The third-order valence-corrected chi connectivity index (χ3v) is 1.52. The van der Waals surface area contributed by atoms with Gasteiger partial charge in [-0.15, -0.1) is 11.6 Å². The van der Waals surface area contributed by atoms with E-state index < -0.39 is 0 Å². The van der Waals surface area contributed by atoms with E-state index in [2.05, 4.69) is 19.2 Å². The molecule has 0 saturated carbocycles. The van der Waals surface area contributed by atoms with Gasteiger partial charge >= 0.3 is 0 Å². The van der Waals surface area contributed by atoms with Gasteiger partial charge in [-0.1, -0.05) is 13.8 Å². The Morgan fingerprint density at radius 1 is 1.50 bits per heavy atom. The number of nitrogens with one attached hydrogen (secondary N) is 1. The Balaban J connectivity index is 2.86. The Kier molecular flexibility index (Phi) is 5.56. The molecule has 1 N–H and O–H groups in total. The van der Waals surface area contributed by atoms with E-state index in [1.165, 1.54) is 0 Å². The third kappa shape index (κ3) is 4.41. The van der Waals surface area contributed by atoms with Crippen molar-refractivity contribution in [2.75, 3.05) is 13.1 Å². The minimum atomic E-state index is 0.315. The zero-order valence-electron chi connectivity index (χ0n) is 5.58. The fraction of sp³-hybridized carbons (Fsp3) is 1.00. The standard InChI is InChI=1S/C6H14ClN/c1-3-6(7)5-8-4-2/h6,8H,3-5H2,1-2H3. The minimum Gasteiger partial charge on any atom is -0.316 e. The fourth-order valence-corrected chi connectivity index (χ4v) is 0.554. The highest BCUT2D eigenvalue weighted by Crippen LogP contribution is 1.97. The van der Waals surface area contributed by atoms with Crippen molar-refractivity contribution in [3.63, 3.8) is 0 Å². The Morgan fingerprint density at radius 3 is 2.50 bits per heavy atom. The molecule has 0 rings (SSSR count). The van der Waals surface area contributed by atoms with E-state index >= 15 is 0 Å². The maximum atomic E-state index is 5.78. The van der Waals surface area contributed by atoms with Gasteiger partial charge in [-0.25, -0.2) is 0 Å². The van der Waals surface area contributed by atoms with Crippen LogP contribution < -0.4 is 5.32 Å². The predicted molar refractivity (Wildman–Crippen MR) is 38.5 cm³/mol. The summed E-state index contributed by atoms with van der Waals surface area (Å²) in [4.78, 5) is 0. The van der Waals surface area contributed by atoms with Crippen LogP contribution in [0.5, 0.6) is 0 Å². The molecule has 0 aromatic rings. The van der Waals surface area contributed by atoms with Gasteiger partial charge in [0.05, 0.1) is 0 Å². The molecule has 2 heteroatoms. The summed E-state index contributed by atoms with van der Waals surface area (Å²) in [5.41, 5.74) is 0. The van der Waals surface area contributed by atoms with Crippen molar-refractivity contribution in [2.45, 2.75) is 25.6 Å². The zero-order valence-corrected chi connectivity index (χ0v) is 6.33. The van der Waals surface area contributed by atoms with Crippen LogP contribution >= 0.6 is 11.6 Å². The number of halogens is 1. The Hall–Kier alpha value is 0.250. The van der Waals surface area contributed by atoms with E-state index in [0.717, 1.165) is 19.5 Å². The van der Waals surface area contributed by atoms with Crippen LogP contribution in [0, 0.1) is 0 Å². The lowest BCUT2D eigenvalue weighted by atomic mass is 10.3. The van der Waals surface area contributed by atoms with Gasteiger partial charge in [-0.3, -0.25) is 0 Å². The van der Waals surface area contributed by atoms with E-state index in [9.17, 15) is 0 Å². The summed E-state index contributed by atoms with van der Waals surface area (Å²) < 4.78 is 0. The second-order valence-electron chi connectivity index (χ2n) is 1.81. The Labute approximate surface area is 56.4 Å². The minimum absolute atomic E-state index is 0.315. The van der Waals surface area contributed by atoms with Crippen LogP contribution in [0.4, 0.5) is 0 Å². The maximum absolute atomic E-state index is 5.78. The summed E-state index contributed by atoms with van der Waals surface area (Å²) in [5, 5.41) is 3.48. The zero-order chi connectivity index (χ0) is 6.41. The van der Waals surface area contributed by atoms with Crippen LogP contribution in [0.15, 0.2) is 0 Å². The molecule has 0 fully saturated rings. The van der Waals surface area contributed by atoms with Gasteiger partial charge in [-0.05, 0) is 13.0 Å². The van der Waals surface area contributed by atoms with Gasteiger partial charge in [0.25, 0.3) is 0 Å². The van der Waals surface area contributed by atoms with Gasteiger partial charge in [0.15, 0.2) is 0 Å². The van der Waals surface area contributed by atoms with E-state index in [-0.39, 0.29) is 0 Å².